The predicted molar refractivity (Wildman–Crippen MR) is 143 cm³/mol. The minimum absolute atomic E-state index is 0.184. The van der Waals surface area contributed by atoms with Crippen molar-refractivity contribution in [1.29, 1.82) is 0 Å². The summed E-state index contributed by atoms with van der Waals surface area (Å²) in [5.41, 5.74) is 4.68. The monoisotopic (exact) mass is 512 g/mol. The summed E-state index contributed by atoms with van der Waals surface area (Å²) in [5.74, 6) is 0. The van der Waals surface area contributed by atoms with E-state index in [1.807, 2.05) is 50.5 Å². The largest absolute Gasteiger partial charge is 0.444 e. The van der Waals surface area contributed by atoms with Gasteiger partial charge in [0.15, 0.2) is 0 Å². The quantitative estimate of drug-likeness (QED) is 0.430. The second-order valence-electron chi connectivity index (χ2n) is 11.6. The number of carbonyl (C=O) groups excluding carboxylic acids is 1. The van der Waals surface area contributed by atoms with Crippen molar-refractivity contribution in [3.63, 3.8) is 0 Å². The number of amides is 1. The number of fused-ring (bicyclic) bond motifs is 1. The lowest BCUT2D eigenvalue weighted by Gasteiger charge is -2.46. The fraction of sp³-hybridized carbons (Fsp3) is 0.593. The molecule has 2 fully saturated rings. The van der Waals surface area contributed by atoms with E-state index in [1.165, 1.54) is 0 Å². The highest BCUT2D eigenvalue weighted by atomic mass is 35.5. The van der Waals surface area contributed by atoms with Gasteiger partial charge in [0.25, 0.3) is 0 Å². The first-order valence-electron chi connectivity index (χ1n) is 12.9. The van der Waals surface area contributed by atoms with Crippen molar-refractivity contribution < 1.29 is 9.53 Å². The number of likely N-dealkylation sites (tertiary alicyclic amines) is 1. The van der Waals surface area contributed by atoms with Crippen LogP contribution in [0, 0.1) is 12.3 Å². The summed E-state index contributed by atoms with van der Waals surface area (Å²) in [6.45, 7) is 9.33. The van der Waals surface area contributed by atoms with Crippen LogP contribution in [0.2, 0.25) is 5.02 Å². The fourth-order valence-corrected chi connectivity index (χ4v) is 5.98. The number of aryl methyl sites for hydroxylation is 2. The van der Waals surface area contributed by atoms with E-state index in [1.54, 1.807) is 6.20 Å². The smallest absolute Gasteiger partial charge is 0.410 e. The minimum atomic E-state index is -0.452. The molecule has 2 aliphatic rings. The molecule has 0 unspecified atom stereocenters. The number of hydrogen-bond donors (Lipinski definition) is 2. The number of rotatable bonds is 3. The molecule has 8 nitrogen and oxygen atoms in total. The molecule has 3 aromatic rings. The van der Waals surface area contributed by atoms with Gasteiger partial charge in [0.2, 0.25) is 0 Å². The molecule has 0 atom stereocenters. The number of nitrogens with zero attached hydrogens (tertiary/aromatic N) is 4. The van der Waals surface area contributed by atoms with Crippen molar-refractivity contribution in [1.82, 2.24) is 24.6 Å². The van der Waals surface area contributed by atoms with Gasteiger partial charge < -0.3 is 19.9 Å². The van der Waals surface area contributed by atoms with Gasteiger partial charge in [-0.3, -0.25) is 4.68 Å². The summed E-state index contributed by atoms with van der Waals surface area (Å²) >= 11 is 6.64. The Labute approximate surface area is 217 Å². The fourth-order valence-electron chi connectivity index (χ4n) is 5.78. The highest BCUT2D eigenvalue weighted by Gasteiger charge is 2.40. The van der Waals surface area contributed by atoms with Crippen LogP contribution >= 0.6 is 11.6 Å². The molecule has 0 radical (unpaired) electrons. The van der Waals surface area contributed by atoms with Gasteiger partial charge in [-0.05, 0) is 77.7 Å². The lowest BCUT2D eigenvalue weighted by atomic mass is 9.67. The van der Waals surface area contributed by atoms with Crippen LogP contribution in [0.1, 0.15) is 65.0 Å². The van der Waals surface area contributed by atoms with E-state index in [4.69, 9.17) is 16.3 Å². The predicted octanol–water partition coefficient (Wildman–Crippen LogP) is 6.30. The number of aromatic amines is 1. The molecule has 5 rings (SSSR count). The number of anilines is 1. The number of aromatic nitrogens is 4. The highest BCUT2D eigenvalue weighted by molar-refractivity contribution is 6.34. The number of hydrogen-bond acceptors (Lipinski definition) is 5. The Bertz CT molecular complexity index is 1260. The maximum absolute atomic E-state index is 12.5. The summed E-state index contributed by atoms with van der Waals surface area (Å²) in [5, 5.41) is 9.87. The van der Waals surface area contributed by atoms with Crippen LogP contribution in [0.5, 0.6) is 0 Å². The number of carbonyl (C=O) groups is 1. The molecule has 1 aliphatic carbocycles. The first kappa shape index (κ1) is 24.9. The van der Waals surface area contributed by atoms with Gasteiger partial charge in [-0.15, -0.1) is 0 Å². The van der Waals surface area contributed by atoms with Crippen LogP contribution in [-0.4, -0.2) is 55.5 Å². The third kappa shape index (κ3) is 5.05. The Morgan fingerprint density at radius 1 is 1.22 bits per heavy atom. The average molecular weight is 513 g/mol. The lowest BCUT2D eigenvalue weighted by molar-refractivity contribution is 0.00395. The Morgan fingerprint density at radius 2 is 1.92 bits per heavy atom. The maximum Gasteiger partial charge on any atom is 0.410 e. The SMILES string of the molecule is Cc1nn(C)cc1-c1cc2c(NC3CCC4(CC3)CCN(C(=O)OC(C)(C)C)CC4)c(Cl)cnc2[nH]1. The normalized spacial score (nSPS) is 18.7. The number of H-pyrrole nitrogens is 1. The van der Waals surface area contributed by atoms with Gasteiger partial charge in [0, 0.05) is 43.3 Å². The van der Waals surface area contributed by atoms with Gasteiger partial charge in [-0.25, -0.2) is 9.78 Å². The molecule has 0 bridgehead atoms. The first-order valence-corrected chi connectivity index (χ1v) is 13.3. The van der Waals surface area contributed by atoms with E-state index >= 15 is 0 Å². The van der Waals surface area contributed by atoms with Crippen molar-refractivity contribution in [2.75, 3.05) is 18.4 Å². The van der Waals surface area contributed by atoms with Gasteiger partial charge in [0.05, 0.1) is 28.3 Å². The Kier molecular flexibility index (Phi) is 6.43. The van der Waals surface area contributed by atoms with Gasteiger partial charge >= 0.3 is 6.09 Å². The molecule has 1 amide bonds. The number of halogens is 1. The summed E-state index contributed by atoms with van der Waals surface area (Å²) in [4.78, 5) is 22.3. The minimum Gasteiger partial charge on any atom is -0.444 e. The van der Waals surface area contributed by atoms with Gasteiger partial charge in [-0.1, -0.05) is 11.6 Å². The molecular formula is C27H37ClN6O2. The molecule has 1 saturated carbocycles. The van der Waals surface area contributed by atoms with E-state index in [2.05, 4.69) is 26.4 Å². The Balaban J connectivity index is 1.24. The molecule has 1 saturated heterocycles. The van der Waals surface area contributed by atoms with Crippen molar-refractivity contribution in [3.8, 4) is 11.3 Å². The van der Waals surface area contributed by atoms with E-state index < -0.39 is 5.60 Å². The van der Waals surface area contributed by atoms with E-state index in [-0.39, 0.29) is 6.09 Å². The molecule has 2 N–H and O–H groups in total. The van der Waals surface area contributed by atoms with Gasteiger partial charge in [0.1, 0.15) is 11.2 Å². The summed E-state index contributed by atoms with van der Waals surface area (Å²) in [6.07, 6.45) is 10.1. The van der Waals surface area contributed by atoms with E-state index in [9.17, 15) is 4.79 Å². The van der Waals surface area contributed by atoms with Crippen LogP contribution in [0.3, 0.4) is 0 Å². The molecule has 9 heteroatoms. The van der Waals surface area contributed by atoms with Gasteiger partial charge in [-0.2, -0.15) is 5.10 Å². The second kappa shape index (κ2) is 9.29. The highest BCUT2D eigenvalue weighted by Crippen LogP contribution is 2.46. The number of pyridine rings is 1. The molecule has 4 heterocycles. The van der Waals surface area contributed by atoms with Crippen LogP contribution in [0.4, 0.5) is 10.5 Å². The number of ether oxygens (including phenoxy) is 1. The molecule has 3 aromatic heterocycles. The maximum atomic E-state index is 12.5. The molecule has 1 aliphatic heterocycles. The third-order valence-corrected chi connectivity index (χ3v) is 8.07. The topological polar surface area (TPSA) is 88.1 Å². The molecular weight excluding hydrogens is 476 g/mol. The van der Waals surface area contributed by atoms with Crippen molar-refractivity contribution in [3.05, 3.63) is 29.2 Å². The van der Waals surface area contributed by atoms with Crippen LogP contribution in [0.25, 0.3) is 22.3 Å². The van der Waals surface area contributed by atoms with Crippen LogP contribution < -0.4 is 5.32 Å². The zero-order valence-corrected chi connectivity index (χ0v) is 22.7. The second-order valence-corrected chi connectivity index (χ2v) is 12.0. The number of piperidine rings is 1. The third-order valence-electron chi connectivity index (χ3n) is 7.79. The average Bonchev–Trinajstić information content (AvgIpc) is 3.39. The molecule has 36 heavy (non-hydrogen) atoms. The van der Waals surface area contributed by atoms with Crippen molar-refractivity contribution in [2.24, 2.45) is 12.5 Å². The first-order chi connectivity index (χ1) is 17.0. The van der Waals surface area contributed by atoms with Crippen LogP contribution in [-0.2, 0) is 11.8 Å². The molecule has 1 spiro atoms. The Morgan fingerprint density at radius 3 is 2.53 bits per heavy atom. The summed E-state index contributed by atoms with van der Waals surface area (Å²) in [6, 6.07) is 2.48. The van der Waals surface area contributed by atoms with Crippen molar-refractivity contribution >= 4 is 34.4 Å². The van der Waals surface area contributed by atoms with E-state index in [0.717, 1.165) is 85.3 Å². The molecule has 194 valence electrons. The van der Waals surface area contributed by atoms with E-state index in [0.29, 0.717) is 16.5 Å². The summed E-state index contributed by atoms with van der Waals surface area (Å²) < 4.78 is 7.40. The molecule has 0 aromatic carbocycles. The van der Waals surface area contributed by atoms with Crippen molar-refractivity contribution in [2.45, 2.75) is 77.9 Å². The zero-order chi connectivity index (χ0) is 25.7. The zero-order valence-electron chi connectivity index (χ0n) is 21.9. The van der Waals surface area contributed by atoms with Crippen LogP contribution in [0.15, 0.2) is 18.5 Å². The standard InChI is InChI=1S/C27H37ClN6O2/c1-17-20(16-33(5)32-17)22-14-19-23(21(28)15-29-24(19)31-22)30-18-6-8-27(9-7-18)10-12-34(13-11-27)25(35)36-26(2,3)4/h14-16,18H,6-13H2,1-5H3,(H2,29,30,31). The number of nitrogens with one attached hydrogen (secondary N) is 2. The Hall–Kier alpha value is -2.74. The lowest BCUT2D eigenvalue weighted by Crippen LogP contribution is -2.47. The summed E-state index contributed by atoms with van der Waals surface area (Å²) in [7, 11) is 1.93.